The first-order valence-electron chi connectivity index (χ1n) is 12.5. The highest BCUT2D eigenvalue weighted by atomic mass is 28.3. The third-order valence-corrected chi connectivity index (χ3v) is 10.8. The number of phenols is 1. The standard InChI is InChI=1S/C29H40O3Si/c1-6-7-18-33(4,5)27-15-12-23(13-16-27)22-8-10-24(11-9-22)25-14-17-28(30)26(19-25)20-32-29(31)21(2)3/h12-17,19,22,24,30H,2,6-11,18,20H2,1,3-5H3. The lowest BCUT2D eigenvalue weighted by atomic mass is 9.76. The predicted octanol–water partition coefficient (Wildman–Crippen LogP) is 7.17. The number of unbranched alkanes of at least 4 members (excludes halogenated alkanes) is 1. The Balaban J connectivity index is 1.60. The van der Waals surface area contributed by atoms with Crippen molar-refractivity contribution in [3.8, 4) is 5.75 Å². The van der Waals surface area contributed by atoms with Crippen molar-refractivity contribution in [2.75, 3.05) is 0 Å². The van der Waals surface area contributed by atoms with Crippen LogP contribution in [-0.4, -0.2) is 19.1 Å². The number of esters is 1. The SMILES string of the molecule is C=C(C)C(=O)OCc1cc(C2CCC(c3ccc([Si](C)(C)CCCC)cc3)CC2)ccc1O. The zero-order valence-corrected chi connectivity index (χ0v) is 21.8. The summed E-state index contributed by atoms with van der Waals surface area (Å²) in [5.74, 6) is 0.858. The summed E-state index contributed by atoms with van der Waals surface area (Å²) >= 11 is 0. The van der Waals surface area contributed by atoms with Gasteiger partial charge in [0.05, 0.1) is 8.07 Å². The van der Waals surface area contributed by atoms with Crippen molar-refractivity contribution in [3.05, 3.63) is 71.3 Å². The Kier molecular flexibility index (Phi) is 8.58. The molecular weight excluding hydrogens is 424 g/mol. The zero-order valence-electron chi connectivity index (χ0n) is 20.8. The van der Waals surface area contributed by atoms with Crippen molar-refractivity contribution in [2.24, 2.45) is 0 Å². The summed E-state index contributed by atoms with van der Waals surface area (Å²) in [6.07, 6.45) is 7.25. The number of carbonyl (C=O) groups excluding carboxylic acids is 1. The molecule has 3 nitrogen and oxygen atoms in total. The molecule has 3 rings (SSSR count). The third-order valence-electron chi connectivity index (χ3n) is 7.33. The molecule has 0 radical (unpaired) electrons. The van der Waals surface area contributed by atoms with E-state index in [-0.39, 0.29) is 12.4 Å². The minimum atomic E-state index is -1.32. The molecule has 4 heteroatoms. The molecule has 0 saturated heterocycles. The predicted molar refractivity (Wildman–Crippen MR) is 140 cm³/mol. The van der Waals surface area contributed by atoms with E-state index < -0.39 is 14.0 Å². The van der Waals surface area contributed by atoms with Crippen LogP contribution in [0.1, 0.15) is 80.9 Å². The van der Waals surface area contributed by atoms with Gasteiger partial charge in [-0.25, -0.2) is 4.79 Å². The molecule has 0 bridgehead atoms. The smallest absolute Gasteiger partial charge is 0.333 e. The fraction of sp³-hybridized carbons (Fsp3) is 0.483. The van der Waals surface area contributed by atoms with Gasteiger partial charge >= 0.3 is 5.97 Å². The summed E-state index contributed by atoms with van der Waals surface area (Å²) in [4.78, 5) is 11.7. The molecule has 1 fully saturated rings. The van der Waals surface area contributed by atoms with Crippen LogP contribution in [0.25, 0.3) is 0 Å². The maximum atomic E-state index is 11.7. The molecular formula is C29H40O3Si. The molecule has 0 amide bonds. The quantitative estimate of drug-likeness (QED) is 0.243. The summed E-state index contributed by atoms with van der Waals surface area (Å²) < 4.78 is 5.25. The van der Waals surface area contributed by atoms with E-state index in [2.05, 4.69) is 50.9 Å². The Morgan fingerprint density at radius 3 is 2.18 bits per heavy atom. The van der Waals surface area contributed by atoms with Gasteiger partial charge < -0.3 is 9.84 Å². The van der Waals surface area contributed by atoms with E-state index in [1.165, 1.54) is 42.9 Å². The molecule has 33 heavy (non-hydrogen) atoms. The highest BCUT2D eigenvalue weighted by Gasteiger charge is 2.26. The van der Waals surface area contributed by atoms with Crippen LogP contribution in [0, 0.1) is 0 Å². The molecule has 2 aromatic rings. The molecule has 2 aromatic carbocycles. The molecule has 178 valence electrons. The molecule has 0 heterocycles. The van der Waals surface area contributed by atoms with Gasteiger partial charge in [-0.15, -0.1) is 0 Å². The van der Waals surface area contributed by atoms with Gasteiger partial charge in [0.1, 0.15) is 12.4 Å². The summed E-state index contributed by atoms with van der Waals surface area (Å²) in [5.41, 5.74) is 3.74. The van der Waals surface area contributed by atoms with E-state index in [0.717, 1.165) is 12.8 Å². The lowest BCUT2D eigenvalue weighted by Crippen LogP contribution is -2.40. The van der Waals surface area contributed by atoms with Crippen LogP contribution in [0.5, 0.6) is 5.75 Å². The van der Waals surface area contributed by atoms with E-state index in [9.17, 15) is 9.90 Å². The maximum Gasteiger partial charge on any atom is 0.333 e. The van der Waals surface area contributed by atoms with Crippen LogP contribution < -0.4 is 5.19 Å². The number of phenolic OH excluding ortho intramolecular Hbond substituents is 1. The summed E-state index contributed by atoms with van der Waals surface area (Å²) in [6, 6.07) is 16.7. The van der Waals surface area contributed by atoms with Gasteiger partial charge in [-0.05, 0) is 67.7 Å². The zero-order chi connectivity index (χ0) is 24.0. The Morgan fingerprint density at radius 2 is 1.61 bits per heavy atom. The van der Waals surface area contributed by atoms with E-state index in [4.69, 9.17) is 4.74 Å². The second-order valence-electron chi connectivity index (χ2n) is 10.4. The van der Waals surface area contributed by atoms with Crippen molar-refractivity contribution >= 4 is 19.2 Å². The fourth-order valence-corrected chi connectivity index (χ4v) is 7.57. The second-order valence-corrected chi connectivity index (χ2v) is 15.2. The average molecular weight is 465 g/mol. The van der Waals surface area contributed by atoms with Gasteiger partial charge in [0.25, 0.3) is 0 Å². The summed E-state index contributed by atoms with van der Waals surface area (Å²) in [6.45, 7) is 12.6. The maximum absolute atomic E-state index is 11.7. The van der Waals surface area contributed by atoms with Gasteiger partial charge in [0.2, 0.25) is 0 Å². The van der Waals surface area contributed by atoms with Gasteiger partial charge in [0, 0.05) is 11.1 Å². The molecule has 0 aromatic heterocycles. The third kappa shape index (κ3) is 6.60. The van der Waals surface area contributed by atoms with Gasteiger partial charge in [-0.2, -0.15) is 0 Å². The Labute approximate surface area is 200 Å². The molecule has 1 N–H and O–H groups in total. The molecule has 0 aliphatic heterocycles. The Bertz CT molecular complexity index is 953. The van der Waals surface area contributed by atoms with E-state index in [1.54, 1.807) is 18.2 Å². The molecule has 1 aliphatic rings. The molecule has 0 unspecified atom stereocenters. The van der Waals surface area contributed by atoms with Crippen molar-refractivity contribution in [3.63, 3.8) is 0 Å². The average Bonchev–Trinajstić information content (AvgIpc) is 2.82. The number of hydrogen-bond donors (Lipinski definition) is 1. The summed E-state index contributed by atoms with van der Waals surface area (Å²) in [5, 5.41) is 11.8. The molecule has 0 spiro atoms. The van der Waals surface area contributed by atoms with Crippen LogP contribution in [0.2, 0.25) is 19.1 Å². The number of benzene rings is 2. The monoisotopic (exact) mass is 464 g/mol. The van der Waals surface area contributed by atoms with E-state index in [1.807, 2.05) is 12.1 Å². The highest BCUT2D eigenvalue weighted by molar-refractivity contribution is 6.89. The molecule has 1 aliphatic carbocycles. The number of rotatable bonds is 9. The van der Waals surface area contributed by atoms with E-state index >= 15 is 0 Å². The first kappa shape index (κ1) is 25.3. The van der Waals surface area contributed by atoms with Crippen LogP contribution >= 0.6 is 0 Å². The van der Waals surface area contributed by atoms with Crippen LogP contribution in [0.4, 0.5) is 0 Å². The van der Waals surface area contributed by atoms with E-state index in [0.29, 0.717) is 23.0 Å². The number of aromatic hydroxyl groups is 1. The topological polar surface area (TPSA) is 46.5 Å². The number of carbonyl (C=O) groups is 1. The molecule has 0 atom stereocenters. The second kappa shape index (κ2) is 11.2. The Hall–Kier alpha value is -2.33. The highest BCUT2D eigenvalue weighted by Crippen LogP contribution is 2.41. The first-order chi connectivity index (χ1) is 15.7. The lowest BCUT2D eigenvalue weighted by molar-refractivity contribution is -0.140. The lowest BCUT2D eigenvalue weighted by Gasteiger charge is -2.30. The van der Waals surface area contributed by atoms with Gasteiger partial charge in [-0.1, -0.05) is 81.0 Å². The largest absolute Gasteiger partial charge is 0.508 e. The number of ether oxygens (including phenoxy) is 1. The van der Waals surface area contributed by atoms with Crippen LogP contribution in [-0.2, 0) is 16.1 Å². The van der Waals surface area contributed by atoms with Crippen molar-refractivity contribution in [1.29, 1.82) is 0 Å². The normalized spacial score (nSPS) is 18.7. The fourth-order valence-electron chi connectivity index (χ4n) is 4.97. The van der Waals surface area contributed by atoms with Crippen molar-refractivity contribution in [1.82, 2.24) is 0 Å². The van der Waals surface area contributed by atoms with Crippen LogP contribution in [0.15, 0.2) is 54.6 Å². The minimum Gasteiger partial charge on any atom is -0.508 e. The molecule has 1 saturated carbocycles. The number of hydrogen-bond acceptors (Lipinski definition) is 3. The van der Waals surface area contributed by atoms with Gasteiger partial charge in [-0.3, -0.25) is 0 Å². The van der Waals surface area contributed by atoms with Crippen LogP contribution in [0.3, 0.4) is 0 Å². The Morgan fingerprint density at radius 1 is 1.03 bits per heavy atom. The first-order valence-corrected chi connectivity index (χ1v) is 15.7. The summed E-state index contributed by atoms with van der Waals surface area (Å²) in [7, 11) is -1.32. The van der Waals surface area contributed by atoms with Crippen molar-refractivity contribution in [2.45, 2.75) is 90.0 Å². The minimum absolute atomic E-state index is 0.0744. The van der Waals surface area contributed by atoms with Gasteiger partial charge in [0.15, 0.2) is 0 Å². The van der Waals surface area contributed by atoms with Crippen molar-refractivity contribution < 1.29 is 14.6 Å².